The van der Waals surface area contributed by atoms with Gasteiger partial charge in [-0.1, -0.05) is 6.07 Å². The number of benzene rings is 1. The molecule has 0 unspecified atom stereocenters. The van der Waals surface area contributed by atoms with Crippen molar-refractivity contribution >= 4 is 29.1 Å². The Balaban J connectivity index is 1.58. The average molecular weight is 409 g/mol. The highest BCUT2D eigenvalue weighted by molar-refractivity contribution is 5.97. The van der Waals surface area contributed by atoms with Gasteiger partial charge in [0.1, 0.15) is 5.82 Å². The summed E-state index contributed by atoms with van der Waals surface area (Å²) in [6.07, 6.45) is 3.30. The summed E-state index contributed by atoms with van der Waals surface area (Å²) in [5.74, 6) is 0.186. The lowest BCUT2D eigenvalue weighted by atomic mass is 9.95. The number of hydrogen-bond donors (Lipinski definition) is 2. The maximum absolute atomic E-state index is 12.7. The van der Waals surface area contributed by atoms with Gasteiger partial charge in [0.05, 0.1) is 12.0 Å². The Bertz CT molecular complexity index is 926. The summed E-state index contributed by atoms with van der Waals surface area (Å²) >= 11 is 0. The molecule has 1 aliphatic heterocycles. The summed E-state index contributed by atoms with van der Waals surface area (Å²) < 4.78 is 0. The van der Waals surface area contributed by atoms with E-state index < -0.39 is 0 Å². The zero-order valence-corrected chi connectivity index (χ0v) is 17.6. The second-order valence-electron chi connectivity index (χ2n) is 7.79. The molecule has 0 bridgehead atoms. The zero-order valence-electron chi connectivity index (χ0n) is 17.6. The van der Waals surface area contributed by atoms with Crippen molar-refractivity contribution in [2.75, 3.05) is 23.7 Å². The van der Waals surface area contributed by atoms with Gasteiger partial charge in [-0.3, -0.25) is 19.3 Å². The molecular weight excluding hydrogens is 380 g/mol. The lowest BCUT2D eigenvalue weighted by Gasteiger charge is -2.35. The van der Waals surface area contributed by atoms with Crippen molar-refractivity contribution in [1.29, 1.82) is 0 Å². The maximum atomic E-state index is 12.7. The largest absolute Gasteiger partial charge is 0.325 e. The molecule has 30 heavy (non-hydrogen) atoms. The number of carbonyl (C=O) groups excluding carboxylic acids is 3. The summed E-state index contributed by atoms with van der Waals surface area (Å²) in [4.78, 5) is 43.1. The van der Waals surface area contributed by atoms with Crippen LogP contribution >= 0.6 is 0 Å². The van der Waals surface area contributed by atoms with E-state index in [1.807, 2.05) is 30.9 Å². The third kappa shape index (κ3) is 5.30. The van der Waals surface area contributed by atoms with Gasteiger partial charge in [0, 0.05) is 24.0 Å². The molecule has 2 N–H and O–H groups in total. The third-order valence-electron chi connectivity index (χ3n) is 5.56. The van der Waals surface area contributed by atoms with Crippen molar-refractivity contribution in [2.45, 2.75) is 39.7 Å². The molecule has 2 atom stereocenters. The molecule has 1 fully saturated rings. The monoisotopic (exact) mass is 408 g/mol. The van der Waals surface area contributed by atoms with E-state index in [0.717, 1.165) is 24.9 Å². The molecule has 7 heteroatoms. The minimum Gasteiger partial charge on any atom is -0.325 e. The van der Waals surface area contributed by atoms with Crippen LogP contribution in [-0.4, -0.2) is 46.6 Å². The molecule has 0 spiro atoms. The number of anilines is 2. The van der Waals surface area contributed by atoms with E-state index in [1.54, 1.807) is 30.5 Å². The smallest absolute Gasteiger partial charge is 0.241 e. The molecule has 2 heterocycles. The molecule has 0 saturated carbocycles. The fourth-order valence-corrected chi connectivity index (χ4v) is 3.61. The maximum Gasteiger partial charge on any atom is 0.241 e. The molecule has 1 saturated heterocycles. The van der Waals surface area contributed by atoms with Crippen molar-refractivity contribution in [2.24, 2.45) is 5.92 Å². The molecular formula is C23H28N4O3. The Morgan fingerprint density at radius 2 is 1.87 bits per heavy atom. The van der Waals surface area contributed by atoms with Gasteiger partial charge in [-0.15, -0.1) is 0 Å². The Morgan fingerprint density at radius 3 is 2.53 bits per heavy atom. The van der Waals surface area contributed by atoms with E-state index in [4.69, 9.17) is 0 Å². The first-order valence-electron chi connectivity index (χ1n) is 10.2. The van der Waals surface area contributed by atoms with E-state index in [2.05, 4.69) is 15.6 Å². The van der Waals surface area contributed by atoms with E-state index >= 15 is 0 Å². The number of hydrogen-bond acceptors (Lipinski definition) is 5. The number of ketones is 1. The van der Waals surface area contributed by atoms with Crippen LogP contribution in [0.1, 0.15) is 42.6 Å². The van der Waals surface area contributed by atoms with Crippen LogP contribution in [0.15, 0.2) is 42.6 Å². The van der Waals surface area contributed by atoms with Gasteiger partial charge in [-0.25, -0.2) is 4.98 Å². The fourth-order valence-electron chi connectivity index (χ4n) is 3.61. The van der Waals surface area contributed by atoms with Crippen LogP contribution in [0, 0.1) is 12.8 Å². The molecule has 158 valence electrons. The van der Waals surface area contributed by atoms with Crippen LogP contribution in [0.3, 0.4) is 0 Å². The number of carbonyl (C=O) groups is 3. The summed E-state index contributed by atoms with van der Waals surface area (Å²) in [6, 6.07) is 10.2. The number of rotatable bonds is 6. The van der Waals surface area contributed by atoms with Gasteiger partial charge in [0.2, 0.25) is 11.8 Å². The Kier molecular flexibility index (Phi) is 6.95. The second kappa shape index (κ2) is 9.63. The number of nitrogens with zero attached hydrogens (tertiary/aromatic N) is 2. The molecule has 0 radical (unpaired) electrons. The van der Waals surface area contributed by atoms with Crippen molar-refractivity contribution in [3.05, 3.63) is 53.7 Å². The van der Waals surface area contributed by atoms with Crippen molar-refractivity contribution in [3.63, 3.8) is 0 Å². The number of pyridine rings is 1. The Morgan fingerprint density at radius 1 is 1.13 bits per heavy atom. The van der Waals surface area contributed by atoms with Crippen molar-refractivity contribution < 1.29 is 14.4 Å². The summed E-state index contributed by atoms with van der Waals surface area (Å²) in [7, 11) is 0. The van der Waals surface area contributed by atoms with Gasteiger partial charge < -0.3 is 10.6 Å². The third-order valence-corrected chi connectivity index (χ3v) is 5.56. The number of amides is 2. The van der Waals surface area contributed by atoms with E-state index in [-0.39, 0.29) is 29.6 Å². The molecule has 2 amide bonds. The predicted molar refractivity (Wildman–Crippen MR) is 116 cm³/mol. The standard InChI is InChI=1S/C23H28N4O3/c1-15-6-4-12-24-21(15)26-23(30)19-7-5-13-27(14-19)16(2)22(29)25-20-10-8-18(9-11-20)17(3)28/h4,6,8-12,16,19H,5,7,13-14H2,1-3H3,(H,25,29)(H,24,26,30)/t16-,19-/m1/s1. The fraction of sp³-hybridized carbons (Fsp3) is 0.391. The predicted octanol–water partition coefficient (Wildman–Crippen LogP) is 3.27. The first-order valence-corrected chi connectivity index (χ1v) is 10.2. The zero-order chi connectivity index (χ0) is 21.7. The second-order valence-corrected chi connectivity index (χ2v) is 7.79. The number of aromatic nitrogens is 1. The van der Waals surface area contributed by atoms with Gasteiger partial charge in [0.15, 0.2) is 5.78 Å². The molecule has 1 aromatic carbocycles. The van der Waals surface area contributed by atoms with Gasteiger partial charge >= 0.3 is 0 Å². The van der Waals surface area contributed by atoms with Crippen LogP contribution in [0.2, 0.25) is 0 Å². The minimum atomic E-state index is -0.371. The summed E-state index contributed by atoms with van der Waals surface area (Å²) in [6.45, 7) is 6.56. The highest BCUT2D eigenvalue weighted by Crippen LogP contribution is 2.22. The highest BCUT2D eigenvalue weighted by atomic mass is 16.2. The van der Waals surface area contributed by atoms with Gasteiger partial charge in [0.25, 0.3) is 0 Å². The number of Topliss-reactive ketones (excluding diaryl/α,β-unsaturated/α-hetero) is 1. The van der Waals surface area contributed by atoms with Crippen molar-refractivity contribution in [3.8, 4) is 0 Å². The van der Waals surface area contributed by atoms with Crippen LogP contribution in [0.4, 0.5) is 11.5 Å². The molecule has 0 aliphatic carbocycles. The number of aryl methyl sites for hydroxylation is 1. The average Bonchev–Trinajstić information content (AvgIpc) is 2.75. The first kappa shape index (κ1) is 21.6. The summed E-state index contributed by atoms with van der Waals surface area (Å²) in [5.41, 5.74) is 2.17. The van der Waals surface area contributed by atoms with Crippen LogP contribution < -0.4 is 10.6 Å². The quantitative estimate of drug-likeness (QED) is 0.716. The number of likely N-dealkylation sites (tertiary alicyclic amines) is 1. The SMILES string of the molecule is CC(=O)c1ccc(NC(=O)[C@@H](C)N2CCC[C@@H](C(=O)Nc3ncccc3C)C2)cc1. The lowest BCUT2D eigenvalue weighted by molar-refractivity contribution is -0.125. The summed E-state index contributed by atoms with van der Waals surface area (Å²) in [5, 5.41) is 5.81. The number of piperidine rings is 1. The molecule has 3 rings (SSSR count). The molecule has 7 nitrogen and oxygen atoms in total. The van der Waals surface area contributed by atoms with Crippen molar-refractivity contribution in [1.82, 2.24) is 9.88 Å². The van der Waals surface area contributed by atoms with Gasteiger partial charge in [-0.05, 0) is 76.1 Å². The Hall–Kier alpha value is -3.06. The first-order chi connectivity index (χ1) is 14.3. The van der Waals surface area contributed by atoms with Crippen LogP contribution in [0.5, 0.6) is 0 Å². The van der Waals surface area contributed by atoms with Crippen LogP contribution in [0.25, 0.3) is 0 Å². The lowest BCUT2D eigenvalue weighted by Crippen LogP contribution is -2.49. The van der Waals surface area contributed by atoms with E-state index in [1.165, 1.54) is 6.92 Å². The van der Waals surface area contributed by atoms with Crippen LogP contribution in [-0.2, 0) is 9.59 Å². The van der Waals surface area contributed by atoms with E-state index in [0.29, 0.717) is 23.6 Å². The van der Waals surface area contributed by atoms with Gasteiger partial charge in [-0.2, -0.15) is 0 Å². The molecule has 1 aliphatic rings. The minimum absolute atomic E-state index is 0.0141. The topological polar surface area (TPSA) is 91.4 Å². The van der Waals surface area contributed by atoms with E-state index in [9.17, 15) is 14.4 Å². The highest BCUT2D eigenvalue weighted by Gasteiger charge is 2.31. The Labute approximate surface area is 176 Å². The molecule has 2 aromatic rings. The normalized spacial score (nSPS) is 17.8. The number of nitrogens with one attached hydrogen (secondary N) is 2. The molecule has 1 aromatic heterocycles.